The Bertz CT molecular complexity index is 475. The van der Waals surface area contributed by atoms with Crippen molar-refractivity contribution in [3.05, 3.63) is 30.3 Å². The van der Waals surface area contributed by atoms with Crippen molar-refractivity contribution >= 4 is 15.6 Å². The number of nitrogens with one attached hydrogen (secondary N) is 2. The second kappa shape index (κ2) is 5.82. The molecule has 1 aliphatic heterocycles. The standard InChI is InChI=1S/C13H19FN2OS/c1-18(17,13-5-3-2-4-6-13)16-8-7-12-9-11(14)10-15-12/h2-6,11-12,15H,1,7-10H2,(H,16,17)/t11-,12-,18?/m1/s1. The van der Waals surface area contributed by atoms with Crippen LogP contribution < -0.4 is 10.0 Å². The Morgan fingerprint density at radius 3 is 2.78 bits per heavy atom. The Hall–Kier alpha value is -0.910. The molecule has 0 aliphatic carbocycles. The maximum Gasteiger partial charge on any atom is 0.114 e. The van der Waals surface area contributed by atoms with E-state index in [1.165, 1.54) is 0 Å². The van der Waals surface area contributed by atoms with Gasteiger partial charge in [-0.15, -0.1) is 0 Å². The fourth-order valence-corrected chi connectivity index (χ4v) is 3.32. The molecule has 0 bridgehead atoms. The molecule has 1 aromatic rings. The molecular formula is C13H19FN2OS. The maximum absolute atomic E-state index is 12.9. The molecule has 0 amide bonds. The van der Waals surface area contributed by atoms with E-state index in [1.807, 2.05) is 18.2 Å². The quantitative estimate of drug-likeness (QED) is 0.793. The molecule has 3 nitrogen and oxygen atoms in total. The van der Waals surface area contributed by atoms with Gasteiger partial charge < -0.3 is 5.32 Å². The van der Waals surface area contributed by atoms with Crippen LogP contribution in [0.15, 0.2) is 35.2 Å². The molecule has 1 heterocycles. The molecule has 3 atom stereocenters. The van der Waals surface area contributed by atoms with E-state index in [-0.39, 0.29) is 6.04 Å². The number of halogens is 1. The molecule has 1 aliphatic rings. The van der Waals surface area contributed by atoms with Gasteiger partial charge in [0.15, 0.2) is 0 Å². The zero-order valence-corrected chi connectivity index (χ0v) is 11.1. The summed E-state index contributed by atoms with van der Waals surface area (Å²) in [6.45, 7) is 1.00. The summed E-state index contributed by atoms with van der Waals surface area (Å²) in [5.74, 6) is 3.74. The number of benzene rings is 1. The largest absolute Gasteiger partial charge is 0.311 e. The number of alkyl halides is 1. The average molecular weight is 270 g/mol. The van der Waals surface area contributed by atoms with Crippen molar-refractivity contribution in [1.82, 2.24) is 10.0 Å². The molecule has 2 N–H and O–H groups in total. The van der Waals surface area contributed by atoms with Crippen molar-refractivity contribution < 1.29 is 8.60 Å². The molecule has 5 heteroatoms. The highest BCUT2D eigenvalue weighted by molar-refractivity contribution is 7.98. The molecule has 100 valence electrons. The van der Waals surface area contributed by atoms with E-state index < -0.39 is 15.9 Å². The van der Waals surface area contributed by atoms with Gasteiger partial charge in [0.05, 0.1) is 9.71 Å². The fourth-order valence-electron chi connectivity index (χ4n) is 2.11. The summed E-state index contributed by atoms with van der Waals surface area (Å²) in [7, 11) is -2.44. The van der Waals surface area contributed by atoms with Crippen LogP contribution >= 0.6 is 0 Å². The number of hydrogen-bond donors (Lipinski definition) is 2. The highest BCUT2D eigenvalue weighted by Gasteiger charge is 2.23. The highest BCUT2D eigenvalue weighted by Crippen LogP contribution is 2.13. The second-order valence-corrected chi connectivity index (χ2v) is 6.72. The van der Waals surface area contributed by atoms with Crippen LogP contribution in [0.3, 0.4) is 0 Å². The second-order valence-electron chi connectivity index (χ2n) is 4.61. The van der Waals surface area contributed by atoms with Gasteiger partial charge >= 0.3 is 0 Å². The van der Waals surface area contributed by atoms with Crippen molar-refractivity contribution in [2.75, 3.05) is 13.1 Å². The Labute approximate surface area is 108 Å². The van der Waals surface area contributed by atoms with Crippen molar-refractivity contribution in [3.8, 4) is 0 Å². The highest BCUT2D eigenvalue weighted by atomic mass is 32.2. The fraction of sp³-hybridized carbons (Fsp3) is 0.462. The van der Waals surface area contributed by atoms with Crippen molar-refractivity contribution in [2.24, 2.45) is 0 Å². The lowest BCUT2D eigenvalue weighted by molar-refractivity contribution is 0.353. The van der Waals surface area contributed by atoms with E-state index in [9.17, 15) is 8.60 Å². The van der Waals surface area contributed by atoms with Crippen LogP contribution in [0.5, 0.6) is 0 Å². The van der Waals surface area contributed by atoms with Crippen LogP contribution in [0, 0.1) is 0 Å². The summed E-state index contributed by atoms with van der Waals surface area (Å²) >= 11 is 0. The third-order valence-corrected chi connectivity index (χ3v) is 4.82. The van der Waals surface area contributed by atoms with Gasteiger partial charge in [-0.05, 0) is 30.8 Å². The molecule has 2 rings (SSSR count). The minimum absolute atomic E-state index is 0.179. The van der Waals surface area contributed by atoms with E-state index in [2.05, 4.69) is 15.9 Å². The predicted molar refractivity (Wildman–Crippen MR) is 73.9 cm³/mol. The molecule has 0 spiro atoms. The first-order valence-electron chi connectivity index (χ1n) is 6.12. The van der Waals surface area contributed by atoms with E-state index >= 15 is 0 Å². The van der Waals surface area contributed by atoms with Gasteiger partial charge in [-0.25, -0.2) is 13.3 Å². The third kappa shape index (κ3) is 3.54. The van der Waals surface area contributed by atoms with E-state index in [0.29, 0.717) is 24.4 Å². The SMILES string of the molecule is C=S(=O)(NCC[C@@H]1C[C@@H](F)CN1)c1ccccc1. The average Bonchev–Trinajstić information content (AvgIpc) is 2.76. The normalized spacial score (nSPS) is 26.9. The lowest BCUT2D eigenvalue weighted by Crippen LogP contribution is -2.30. The Balaban J connectivity index is 1.83. The van der Waals surface area contributed by atoms with Gasteiger partial charge in [0.25, 0.3) is 0 Å². The van der Waals surface area contributed by atoms with Crippen LogP contribution in [0.4, 0.5) is 4.39 Å². The summed E-state index contributed by atoms with van der Waals surface area (Å²) in [4.78, 5) is 0.702. The zero-order chi connectivity index (χ0) is 13.0. The minimum Gasteiger partial charge on any atom is -0.311 e. The van der Waals surface area contributed by atoms with Gasteiger partial charge in [-0.2, -0.15) is 0 Å². The molecule has 1 unspecified atom stereocenters. The molecule has 1 aromatic carbocycles. The lowest BCUT2D eigenvalue weighted by atomic mass is 10.1. The zero-order valence-electron chi connectivity index (χ0n) is 10.3. The van der Waals surface area contributed by atoms with E-state index in [1.54, 1.807) is 12.1 Å². The minimum atomic E-state index is -2.44. The smallest absolute Gasteiger partial charge is 0.114 e. The molecular weight excluding hydrogens is 251 g/mol. The van der Waals surface area contributed by atoms with Gasteiger partial charge in [-0.3, -0.25) is 0 Å². The number of hydrogen-bond acceptors (Lipinski definition) is 2. The molecule has 1 fully saturated rings. The van der Waals surface area contributed by atoms with Crippen LogP contribution in [-0.4, -0.2) is 35.4 Å². The van der Waals surface area contributed by atoms with Crippen LogP contribution in [-0.2, 0) is 9.71 Å². The first-order valence-corrected chi connectivity index (χ1v) is 7.85. The van der Waals surface area contributed by atoms with Crippen LogP contribution in [0.25, 0.3) is 0 Å². The van der Waals surface area contributed by atoms with Gasteiger partial charge in [0, 0.05) is 24.0 Å². The third-order valence-electron chi connectivity index (χ3n) is 3.12. The summed E-state index contributed by atoms with van der Waals surface area (Å²) < 4.78 is 28.2. The van der Waals surface area contributed by atoms with E-state index in [4.69, 9.17) is 0 Å². The Morgan fingerprint density at radius 2 is 2.17 bits per heavy atom. The molecule has 0 saturated carbocycles. The number of rotatable bonds is 5. The first kappa shape index (κ1) is 13.5. The van der Waals surface area contributed by atoms with E-state index in [0.717, 1.165) is 6.42 Å². The monoisotopic (exact) mass is 270 g/mol. The predicted octanol–water partition coefficient (Wildman–Crippen LogP) is 1.36. The Morgan fingerprint density at radius 1 is 1.44 bits per heavy atom. The summed E-state index contributed by atoms with van der Waals surface area (Å²) in [5, 5.41) is 3.10. The summed E-state index contributed by atoms with van der Waals surface area (Å²) in [5.41, 5.74) is 0. The topological polar surface area (TPSA) is 41.1 Å². The maximum atomic E-state index is 12.9. The van der Waals surface area contributed by atoms with Crippen molar-refractivity contribution in [1.29, 1.82) is 0 Å². The first-order chi connectivity index (χ1) is 8.58. The van der Waals surface area contributed by atoms with Gasteiger partial charge in [0.2, 0.25) is 0 Å². The molecule has 18 heavy (non-hydrogen) atoms. The Kier molecular flexibility index (Phi) is 4.37. The summed E-state index contributed by atoms with van der Waals surface area (Å²) in [6, 6.07) is 9.34. The van der Waals surface area contributed by atoms with Crippen molar-refractivity contribution in [3.63, 3.8) is 0 Å². The molecule has 0 radical (unpaired) electrons. The molecule has 0 aromatic heterocycles. The summed E-state index contributed by atoms with van der Waals surface area (Å²) in [6.07, 6.45) is 0.568. The van der Waals surface area contributed by atoms with Gasteiger partial charge in [0.1, 0.15) is 6.17 Å². The van der Waals surface area contributed by atoms with Gasteiger partial charge in [-0.1, -0.05) is 18.2 Å². The van der Waals surface area contributed by atoms with Crippen LogP contribution in [0.2, 0.25) is 0 Å². The van der Waals surface area contributed by atoms with Crippen LogP contribution in [0.1, 0.15) is 12.8 Å². The lowest BCUT2D eigenvalue weighted by Gasteiger charge is -2.14. The van der Waals surface area contributed by atoms with Crippen molar-refractivity contribution in [2.45, 2.75) is 30.0 Å². The molecule has 1 saturated heterocycles.